The Bertz CT molecular complexity index is 1460. The number of rotatable bonds is 6. The molecule has 0 saturated heterocycles. The number of methoxy groups -OCH3 is 1. The molecule has 0 unspecified atom stereocenters. The Morgan fingerprint density at radius 1 is 0.833 bits per heavy atom. The summed E-state index contributed by atoms with van der Waals surface area (Å²) in [4.78, 5) is 36.9. The second kappa shape index (κ2) is 11.0. The molecule has 4 aromatic rings. The highest BCUT2D eigenvalue weighted by molar-refractivity contribution is 6.40. The molecule has 2 amide bonds. The van der Waals surface area contributed by atoms with Gasteiger partial charge in [0, 0.05) is 11.1 Å². The third kappa shape index (κ3) is 5.74. The molecule has 0 spiro atoms. The summed E-state index contributed by atoms with van der Waals surface area (Å²) < 4.78 is 10.8. The second-order valence-corrected chi connectivity index (χ2v) is 7.85. The van der Waals surface area contributed by atoms with Gasteiger partial charge in [-0.3, -0.25) is 9.59 Å². The van der Waals surface area contributed by atoms with Crippen molar-refractivity contribution in [3.8, 4) is 11.5 Å². The van der Waals surface area contributed by atoms with Gasteiger partial charge in [0.15, 0.2) is 11.5 Å². The van der Waals surface area contributed by atoms with Crippen molar-refractivity contribution in [2.75, 3.05) is 12.4 Å². The molecule has 4 aromatic carbocycles. The highest BCUT2D eigenvalue weighted by Crippen LogP contribution is 2.28. The van der Waals surface area contributed by atoms with E-state index < -0.39 is 17.8 Å². The molecule has 8 nitrogen and oxygen atoms in total. The molecule has 0 aromatic heterocycles. The molecular weight excluding hydrogens is 458 g/mol. The Morgan fingerprint density at radius 3 is 2.36 bits per heavy atom. The van der Waals surface area contributed by atoms with Crippen LogP contribution in [0.4, 0.5) is 5.69 Å². The SMILES string of the molecule is COc1cc(/C=N\NC(=O)C(=O)Nc2cccc3ccccc23)ccc1OC(=O)c1ccc(C)cc1. The summed E-state index contributed by atoms with van der Waals surface area (Å²) in [7, 11) is 1.44. The summed E-state index contributed by atoms with van der Waals surface area (Å²) in [5.74, 6) is -1.74. The zero-order valence-electron chi connectivity index (χ0n) is 19.6. The minimum absolute atomic E-state index is 0.235. The summed E-state index contributed by atoms with van der Waals surface area (Å²) in [6.45, 7) is 1.93. The van der Waals surface area contributed by atoms with Crippen LogP contribution in [0.3, 0.4) is 0 Å². The summed E-state index contributed by atoms with van der Waals surface area (Å²) in [5.41, 5.74) is 4.73. The van der Waals surface area contributed by atoms with E-state index in [0.29, 0.717) is 22.6 Å². The first-order valence-corrected chi connectivity index (χ1v) is 11.0. The van der Waals surface area contributed by atoms with Crippen molar-refractivity contribution < 1.29 is 23.9 Å². The number of carbonyl (C=O) groups is 3. The van der Waals surface area contributed by atoms with E-state index in [2.05, 4.69) is 15.8 Å². The minimum Gasteiger partial charge on any atom is -0.493 e. The van der Waals surface area contributed by atoms with Gasteiger partial charge in [-0.25, -0.2) is 10.2 Å². The van der Waals surface area contributed by atoms with Crippen molar-refractivity contribution >= 4 is 40.5 Å². The van der Waals surface area contributed by atoms with Gasteiger partial charge in [-0.2, -0.15) is 5.10 Å². The monoisotopic (exact) mass is 481 g/mol. The molecule has 0 radical (unpaired) electrons. The Morgan fingerprint density at radius 2 is 1.58 bits per heavy atom. The molecular formula is C28H23N3O5. The van der Waals surface area contributed by atoms with Gasteiger partial charge >= 0.3 is 17.8 Å². The van der Waals surface area contributed by atoms with Gasteiger partial charge < -0.3 is 14.8 Å². The Kier molecular flexibility index (Phi) is 7.36. The van der Waals surface area contributed by atoms with Gasteiger partial charge in [0.1, 0.15) is 0 Å². The largest absolute Gasteiger partial charge is 0.493 e. The summed E-state index contributed by atoms with van der Waals surface area (Å²) in [5, 5.41) is 8.20. The lowest BCUT2D eigenvalue weighted by Gasteiger charge is -2.10. The predicted molar refractivity (Wildman–Crippen MR) is 137 cm³/mol. The molecule has 2 N–H and O–H groups in total. The third-order valence-corrected chi connectivity index (χ3v) is 5.30. The van der Waals surface area contributed by atoms with E-state index in [1.807, 2.05) is 49.4 Å². The maximum absolute atomic E-state index is 12.4. The molecule has 180 valence electrons. The van der Waals surface area contributed by atoms with Crippen molar-refractivity contribution in [1.82, 2.24) is 5.43 Å². The van der Waals surface area contributed by atoms with Crippen molar-refractivity contribution in [2.24, 2.45) is 5.10 Å². The van der Waals surface area contributed by atoms with Crippen molar-refractivity contribution in [1.29, 1.82) is 0 Å². The van der Waals surface area contributed by atoms with Gasteiger partial charge in [0.25, 0.3) is 0 Å². The number of anilines is 1. The standard InChI is InChI=1S/C28H23N3O5/c1-18-10-13-21(14-11-18)28(34)36-24-15-12-19(16-25(24)35-2)17-29-31-27(33)26(32)30-23-9-5-7-20-6-3-4-8-22(20)23/h3-17H,1-2H3,(H,30,32)(H,31,33)/b29-17-. The molecule has 0 heterocycles. The molecule has 0 aliphatic heterocycles. The number of hydrogen-bond donors (Lipinski definition) is 2. The Labute approximate surface area is 207 Å². The lowest BCUT2D eigenvalue weighted by Crippen LogP contribution is -2.32. The first kappa shape index (κ1) is 24.2. The van der Waals surface area contributed by atoms with Crippen LogP contribution in [-0.4, -0.2) is 31.1 Å². The van der Waals surface area contributed by atoms with Crippen molar-refractivity contribution in [3.63, 3.8) is 0 Å². The van der Waals surface area contributed by atoms with Crippen LogP contribution in [0, 0.1) is 6.92 Å². The fraction of sp³-hybridized carbons (Fsp3) is 0.0714. The fourth-order valence-corrected chi connectivity index (χ4v) is 3.43. The molecule has 4 rings (SSSR count). The number of esters is 1. The molecule has 36 heavy (non-hydrogen) atoms. The van der Waals surface area contributed by atoms with Crippen LogP contribution in [0.25, 0.3) is 10.8 Å². The molecule has 0 bridgehead atoms. The second-order valence-electron chi connectivity index (χ2n) is 7.85. The Balaban J connectivity index is 1.38. The number of fused-ring (bicyclic) bond motifs is 1. The van der Waals surface area contributed by atoms with E-state index >= 15 is 0 Å². The van der Waals surface area contributed by atoms with Gasteiger partial charge in [0.2, 0.25) is 0 Å². The number of nitrogens with one attached hydrogen (secondary N) is 2. The van der Waals surface area contributed by atoms with Crippen LogP contribution in [0.1, 0.15) is 21.5 Å². The number of hydrogen-bond acceptors (Lipinski definition) is 6. The highest BCUT2D eigenvalue weighted by atomic mass is 16.6. The maximum Gasteiger partial charge on any atom is 0.343 e. The van der Waals surface area contributed by atoms with E-state index in [4.69, 9.17) is 9.47 Å². The van der Waals surface area contributed by atoms with E-state index in [0.717, 1.165) is 16.3 Å². The predicted octanol–water partition coefficient (Wildman–Crippen LogP) is 4.46. The summed E-state index contributed by atoms with van der Waals surface area (Å²) in [6.07, 6.45) is 1.34. The first-order valence-electron chi connectivity index (χ1n) is 11.0. The molecule has 0 atom stereocenters. The van der Waals surface area contributed by atoms with Crippen molar-refractivity contribution in [2.45, 2.75) is 6.92 Å². The highest BCUT2D eigenvalue weighted by Gasteiger charge is 2.15. The van der Waals surface area contributed by atoms with Gasteiger partial charge in [-0.1, -0.05) is 54.1 Å². The van der Waals surface area contributed by atoms with Crippen LogP contribution < -0.4 is 20.2 Å². The third-order valence-electron chi connectivity index (χ3n) is 5.30. The molecule has 0 aliphatic rings. The number of carbonyl (C=O) groups excluding carboxylic acids is 3. The van der Waals surface area contributed by atoms with Crippen LogP contribution in [-0.2, 0) is 9.59 Å². The number of hydrazone groups is 1. The zero-order valence-corrected chi connectivity index (χ0v) is 19.6. The Hall–Kier alpha value is -4.98. The number of aryl methyl sites for hydroxylation is 1. The van der Waals surface area contributed by atoms with Gasteiger partial charge in [0.05, 0.1) is 18.9 Å². The average Bonchev–Trinajstić information content (AvgIpc) is 2.89. The van der Waals surface area contributed by atoms with E-state index in [1.54, 1.807) is 42.5 Å². The molecule has 0 aliphatic carbocycles. The number of ether oxygens (including phenoxy) is 2. The van der Waals surface area contributed by atoms with Crippen LogP contribution >= 0.6 is 0 Å². The topological polar surface area (TPSA) is 106 Å². The van der Waals surface area contributed by atoms with Gasteiger partial charge in [-0.05, 0) is 54.3 Å². The molecule has 0 fully saturated rings. The molecule has 8 heteroatoms. The number of nitrogens with zero attached hydrogens (tertiary/aromatic N) is 1. The van der Waals surface area contributed by atoms with E-state index in [9.17, 15) is 14.4 Å². The van der Waals surface area contributed by atoms with Crippen LogP contribution in [0.5, 0.6) is 11.5 Å². The summed E-state index contributed by atoms with van der Waals surface area (Å²) in [6, 6.07) is 24.7. The average molecular weight is 482 g/mol. The number of amides is 2. The lowest BCUT2D eigenvalue weighted by atomic mass is 10.1. The zero-order chi connectivity index (χ0) is 25.5. The van der Waals surface area contributed by atoms with Crippen LogP contribution in [0.15, 0.2) is 90.0 Å². The minimum atomic E-state index is -0.921. The maximum atomic E-state index is 12.4. The molecule has 0 saturated carbocycles. The number of benzene rings is 4. The van der Waals surface area contributed by atoms with E-state index in [-0.39, 0.29) is 5.75 Å². The summed E-state index contributed by atoms with van der Waals surface area (Å²) >= 11 is 0. The van der Waals surface area contributed by atoms with Gasteiger partial charge in [-0.15, -0.1) is 0 Å². The fourth-order valence-electron chi connectivity index (χ4n) is 3.43. The smallest absolute Gasteiger partial charge is 0.343 e. The van der Waals surface area contributed by atoms with Crippen molar-refractivity contribution in [3.05, 3.63) is 102 Å². The van der Waals surface area contributed by atoms with Crippen LogP contribution in [0.2, 0.25) is 0 Å². The lowest BCUT2D eigenvalue weighted by molar-refractivity contribution is -0.136. The normalized spacial score (nSPS) is 10.7. The quantitative estimate of drug-likeness (QED) is 0.139. The van der Waals surface area contributed by atoms with E-state index in [1.165, 1.54) is 13.3 Å². The first-order chi connectivity index (χ1) is 17.4.